The van der Waals surface area contributed by atoms with Gasteiger partial charge in [-0.3, -0.25) is 0 Å². The van der Waals surface area contributed by atoms with Crippen molar-refractivity contribution in [3.63, 3.8) is 0 Å². The molecule has 0 radical (unpaired) electrons. The topological polar surface area (TPSA) is 61.4 Å². The van der Waals surface area contributed by atoms with Crippen LogP contribution in [0.15, 0.2) is 24.3 Å². The number of carbonyl (C=O) groups is 1. The number of benzene rings is 1. The summed E-state index contributed by atoms with van der Waals surface area (Å²) in [5, 5.41) is 15.8. The van der Waals surface area contributed by atoms with E-state index < -0.39 is 12.0 Å². The van der Waals surface area contributed by atoms with Crippen molar-refractivity contribution in [3.8, 4) is 0 Å². The molecule has 6 heteroatoms. The fraction of sp³-hybridized carbons (Fsp3) is 0.385. The highest BCUT2D eigenvalue weighted by molar-refractivity contribution is 7.80. The van der Waals surface area contributed by atoms with Gasteiger partial charge in [-0.05, 0) is 48.8 Å². The highest BCUT2D eigenvalue weighted by atomic mass is 35.5. The maximum absolute atomic E-state index is 11.1. The zero-order valence-corrected chi connectivity index (χ0v) is 12.4. The summed E-state index contributed by atoms with van der Waals surface area (Å²) < 4.78 is 0. The molecule has 0 amide bonds. The van der Waals surface area contributed by atoms with E-state index in [-0.39, 0.29) is 11.0 Å². The normalized spacial score (nSPS) is 12.0. The zero-order chi connectivity index (χ0) is 14.4. The average molecular weight is 301 g/mol. The van der Waals surface area contributed by atoms with E-state index in [9.17, 15) is 4.79 Å². The van der Waals surface area contributed by atoms with E-state index >= 15 is 0 Å². The molecule has 0 aliphatic heterocycles. The van der Waals surface area contributed by atoms with E-state index in [0.717, 1.165) is 5.69 Å². The Labute approximate surface area is 123 Å². The molecule has 0 aliphatic rings. The van der Waals surface area contributed by atoms with Crippen LogP contribution in [-0.2, 0) is 4.79 Å². The molecule has 3 N–H and O–H groups in total. The number of hydrogen-bond donors (Lipinski definition) is 3. The molecular weight excluding hydrogens is 284 g/mol. The lowest BCUT2D eigenvalue weighted by Gasteiger charge is -2.18. The second-order valence-electron chi connectivity index (χ2n) is 4.63. The Bertz CT molecular complexity index is 448. The van der Waals surface area contributed by atoms with Crippen molar-refractivity contribution in [1.82, 2.24) is 5.32 Å². The van der Waals surface area contributed by atoms with Crippen molar-refractivity contribution in [2.75, 3.05) is 5.32 Å². The minimum absolute atomic E-state index is 0.270. The predicted octanol–water partition coefficient (Wildman–Crippen LogP) is 3.13. The monoisotopic (exact) mass is 300 g/mol. The molecule has 0 spiro atoms. The van der Waals surface area contributed by atoms with Crippen molar-refractivity contribution < 1.29 is 9.90 Å². The van der Waals surface area contributed by atoms with Crippen molar-refractivity contribution in [1.29, 1.82) is 0 Å². The highest BCUT2D eigenvalue weighted by Crippen LogP contribution is 2.13. The van der Waals surface area contributed by atoms with Gasteiger partial charge in [0.25, 0.3) is 0 Å². The number of carboxylic acids is 1. The second kappa shape index (κ2) is 7.31. The molecule has 0 unspecified atom stereocenters. The standard InChI is InChI=1S/C13H17ClN2O2S/c1-8(2)7-11(12(17)18)16-13(19)15-10-5-3-9(14)4-6-10/h3-6,8,11H,7H2,1-2H3,(H,17,18)(H2,15,16,19)/t11-/m0/s1. The number of rotatable bonds is 5. The van der Waals surface area contributed by atoms with Crippen molar-refractivity contribution in [2.24, 2.45) is 5.92 Å². The molecule has 1 aromatic rings. The van der Waals surface area contributed by atoms with Crippen molar-refractivity contribution in [3.05, 3.63) is 29.3 Å². The van der Waals surface area contributed by atoms with E-state index in [4.69, 9.17) is 28.9 Å². The maximum atomic E-state index is 11.1. The first-order valence-corrected chi connectivity index (χ1v) is 6.73. The van der Waals surface area contributed by atoms with E-state index in [0.29, 0.717) is 11.4 Å². The van der Waals surface area contributed by atoms with Crippen LogP contribution in [0.4, 0.5) is 5.69 Å². The Morgan fingerprint density at radius 2 is 1.95 bits per heavy atom. The van der Waals surface area contributed by atoms with Gasteiger partial charge in [0, 0.05) is 10.7 Å². The second-order valence-corrected chi connectivity index (χ2v) is 5.47. The molecule has 1 rings (SSSR count). The number of carboxylic acid groups (broad SMARTS) is 1. The van der Waals surface area contributed by atoms with Gasteiger partial charge in [-0.1, -0.05) is 25.4 Å². The smallest absolute Gasteiger partial charge is 0.326 e. The van der Waals surface area contributed by atoms with Crippen LogP contribution >= 0.6 is 23.8 Å². The number of halogens is 1. The Morgan fingerprint density at radius 3 is 2.42 bits per heavy atom. The van der Waals surface area contributed by atoms with E-state index in [1.54, 1.807) is 24.3 Å². The first-order valence-electron chi connectivity index (χ1n) is 5.94. The maximum Gasteiger partial charge on any atom is 0.326 e. The first-order chi connectivity index (χ1) is 8.88. The van der Waals surface area contributed by atoms with Gasteiger partial charge in [0.15, 0.2) is 5.11 Å². The summed E-state index contributed by atoms with van der Waals surface area (Å²) in [7, 11) is 0. The van der Waals surface area contributed by atoms with Crippen LogP contribution in [0.2, 0.25) is 5.02 Å². The quantitative estimate of drug-likeness (QED) is 0.729. The fourth-order valence-electron chi connectivity index (χ4n) is 1.55. The van der Waals surface area contributed by atoms with Crippen LogP contribution in [0.3, 0.4) is 0 Å². The number of nitrogens with one attached hydrogen (secondary N) is 2. The predicted molar refractivity (Wildman–Crippen MR) is 81.7 cm³/mol. The van der Waals surface area contributed by atoms with Gasteiger partial charge in [0.1, 0.15) is 6.04 Å². The number of anilines is 1. The Balaban J connectivity index is 2.57. The van der Waals surface area contributed by atoms with Crippen molar-refractivity contribution >= 4 is 40.6 Å². The molecule has 0 saturated heterocycles. The summed E-state index contributed by atoms with van der Waals surface area (Å²) in [6.07, 6.45) is 0.512. The third-order valence-corrected chi connectivity index (χ3v) is 2.88. The number of hydrogen-bond acceptors (Lipinski definition) is 2. The van der Waals surface area contributed by atoms with Crippen LogP contribution < -0.4 is 10.6 Å². The lowest BCUT2D eigenvalue weighted by Crippen LogP contribution is -2.43. The molecule has 1 atom stereocenters. The molecule has 0 aromatic heterocycles. The molecule has 0 heterocycles. The SMILES string of the molecule is CC(C)C[C@H](NC(=S)Nc1ccc(Cl)cc1)C(=O)O. The van der Waals surface area contributed by atoms with Gasteiger partial charge in [-0.2, -0.15) is 0 Å². The number of aliphatic carboxylic acids is 1. The van der Waals surface area contributed by atoms with Gasteiger partial charge in [0.05, 0.1) is 0 Å². The third-order valence-electron chi connectivity index (χ3n) is 2.41. The number of thiocarbonyl (C=S) groups is 1. The molecule has 0 bridgehead atoms. The Kier molecular flexibility index (Phi) is 6.05. The largest absolute Gasteiger partial charge is 0.480 e. The summed E-state index contributed by atoms with van der Waals surface area (Å²) in [6, 6.07) is 6.32. The van der Waals surface area contributed by atoms with Crippen LogP contribution in [-0.4, -0.2) is 22.2 Å². The van der Waals surface area contributed by atoms with Crippen LogP contribution in [0.5, 0.6) is 0 Å². The molecule has 4 nitrogen and oxygen atoms in total. The van der Waals surface area contributed by atoms with Crippen LogP contribution in [0, 0.1) is 5.92 Å². The molecular formula is C13H17ClN2O2S. The van der Waals surface area contributed by atoms with Gasteiger partial charge in [-0.15, -0.1) is 0 Å². The third kappa shape index (κ3) is 5.89. The lowest BCUT2D eigenvalue weighted by molar-refractivity contribution is -0.139. The lowest BCUT2D eigenvalue weighted by atomic mass is 10.0. The summed E-state index contributed by atoms with van der Waals surface area (Å²) >= 11 is 10.9. The van der Waals surface area contributed by atoms with Gasteiger partial charge >= 0.3 is 5.97 Å². The first kappa shape index (κ1) is 15.7. The van der Waals surface area contributed by atoms with Crippen LogP contribution in [0.25, 0.3) is 0 Å². The Morgan fingerprint density at radius 1 is 1.37 bits per heavy atom. The van der Waals surface area contributed by atoms with E-state index in [1.165, 1.54) is 0 Å². The van der Waals surface area contributed by atoms with Gasteiger partial charge < -0.3 is 15.7 Å². The summed E-state index contributed by atoms with van der Waals surface area (Å²) in [5.74, 6) is -0.638. The molecule has 1 aromatic carbocycles. The Hall–Kier alpha value is -1.33. The molecule has 104 valence electrons. The summed E-state index contributed by atoms with van der Waals surface area (Å²) in [5.41, 5.74) is 0.760. The molecule has 19 heavy (non-hydrogen) atoms. The van der Waals surface area contributed by atoms with E-state index in [2.05, 4.69) is 10.6 Å². The van der Waals surface area contributed by atoms with Gasteiger partial charge in [0.2, 0.25) is 0 Å². The van der Waals surface area contributed by atoms with Gasteiger partial charge in [-0.25, -0.2) is 4.79 Å². The fourth-order valence-corrected chi connectivity index (χ4v) is 1.94. The molecule has 0 aliphatic carbocycles. The van der Waals surface area contributed by atoms with Crippen LogP contribution in [0.1, 0.15) is 20.3 Å². The summed E-state index contributed by atoms with van der Waals surface area (Å²) in [4.78, 5) is 11.1. The minimum Gasteiger partial charge on any atom is -0.480 e. The zero-order valence-electron chi connectivity index (χ0n) is 10.8. The van der Waals surface area contributed by atoms with E-state index in [1.807, 2.05) is 13.8 Å². The van der Waals surface area contributed by atoms with Crippen molar-refractivity contribution in [2.45, 2.75) is 26.3 Å². The minimum atomic E-state index is -0.908. The summed E-state index contributed by atoms with van der Waals surface area (Å²) in [6.45, 7) is 3.93. The highest BCUT2D eigenvalue weighted by Gasteiger charge is 2.19. The average Bonchev–Trinajstić information content (AvgIpc) is 2.30. The molecule has 0 fully saturated rings. The molecule has 0 saturated carbocycles.